The summed E-state index contributed by atoms with van der Waals surface area (Å²) >= 11 is 0. The molecule has 5 rings (SSSR count). The molecule has 0 fully saturated rings. The third kappa shape index (κ3) is 4.48. The molecule has 2 heterocycles. The number of aliphatic hydroxyl groups excluding tert-OH is 1. The van der Waals surface area contributed by atoms with E-state index in [2.05, 4.69) is 40.5 Å². The summed E-state index contributed by atoms with van der Waals surface area (Å²) in [5.41, 5.74) is 6.75. The van der Waals surface area contributed by atoms with Crippen LogP contribution in [0.4, 0.5) is 5.69 Å². The summed E-state index contributed by atoms with van der Waals surface area (Å²) in [6.45, 7) is 2.68. The van der Waals surface area contributed by atoms with E-state index in [4.69, 9.17) is 4.74 Å². The van der Waals surface area contributed by atoms with Crippen molar-refractivity contribution in [1.82, 2.24) is 4.90 Å². The summed E-state index contributed by atoms with van der Waals surface area (Å²) in [5.74, 6) is 0.769. The second-order valence-electron chi connectivity index (χ2n) is 8.34. The Hall–Kier alpha value is -3.15. The number of carbonyl (C=O) groups excluding carboxylic acids is 1. The molecule has 0 saturated carbocycles. The predicted octanol–water partition coefficient (Wildman–Crippen LogP) is 3.65. The molecule has 0 aliphatic carbocycles. The van der Waals surface area contributed by atoms with Gasteiger partial charge in [-0.15, -0.1) is 0 Å². The number of anilines is 1. The maximum Gasteiger partial charge on any atom is 0.228 e. The van der Waals surface area contributed by atoms with Crippen LogP contribution in [0.3, 0.4) is 0 Å². The molecular weight excluding hydrogens is 388 g/mol. The van der Waals surface area contributed by atoms with Gasteiger partial charge in [0.05, 0.1) is 6.42 Å². The Morgan fingerprint density at radius 1 is 0.968 bits per heavy atom. The van der Waals surface area contributed by atoms with Gasteiger partial charge in [0.15, 0.2) is 0 Å². The first-order chi connectivity index (χ1) is 15.1. The predicted molar refractivity (Wildman–Crippen MR) is 121 cm³/mol. The number of fused-ring (bicyclic) bond motifs is 2. The van der Waals surface area contributed by atoms with Crippen LogP contribution in [0.5, 0.6) is 5.75 Å². The molecule has 2 aliphatic heterocycles. The van der Waals surface area contributed by atoms with Gasteiger partial charge in [-0.1, -0.05) is 42.5 Å². The number of nitrogens with one attached hydrogen (secondary N) is 1. The Kier molecular flexibility index (Phi) is 5.45. The van der Waals surface area contributed by atoms with Gasteiger partial charge in [-0.3, -0.25) is 9.69 Å². The summed E-state index contributed by atoms with van der Waals surface area (Å²) in [5, 5.41) is 13.4. The van der Waals surface area contributed by atoms with E-state index in [0.29, 0.717) is 13.0 Å². The molecule has 158 valence electrons. The second kappa shape index (κ2) is 8.53. The molecule has 0 aromatic heterocycles. The summed E-state index contributed by atoms with van der Waals surface area (Å²) in [6.07, 6.45) is 0.895. The van der Waals surface area contributed by atoms with Gasteiger partial charge in [-0.25, -0.2) is 0 Å². The molecule has 0 spiro atoms. The van der Waals surface area contributed by atoms with Gasteiger partial charge in [-0.05, 0) is 58.5 Å². The number of nitrogens with zero attached hydrogens (tertiary/aromatic N) is 1. The van der Waals surface area contributed by atoms with Crippen LogP contribution in [0.15, 0.2) is 66.7 Å². The van der Waals surface area contributed by atoms with E-state index in [0.717, 1.165) is 47.6 Å². The highest BCUT2D eigenvalue weighted by molar-refractivity contribution is 5.99. The molecular formula is C26H26N2O3. The molecule has 1 atom stereocenters. The zero-order chi connectivity index (χ0) is 21.2. The summed E-state index contributed by atoms with van der Waals surface area (Å²) in [7, 11) is 0. The number of benzene rings is 3. The molecule has 31 heavy (non-hydrogen) atoms. The standard InChI is InChI=1S/C26H26N2O3/c29-23(16-28-11-10-18-4-1-2-5-21(18)15-28)17-31-24-7-3-6-19(13-24)20-8-9-25-22(12-20)14-26(30)27-25/h1-9,12-13,23,29H,10-11,14-17H2,(H,27,30). The van der Waals surface area contributed by atoms with Gasteiger partial charge >= 0.3 is 0 Å². The molecule has 5 heteroatoms. The van der Waals surface area contributed by atoms with E-state index in [-0.39, 0.29) is 12.5 Å². The van der Waals surface area contributed by atoms with E-state index in [1.165, 1.54) is 11.1 Å². The smallest absolute Gasteiger partial charge is 0.228 e. The Balaban J connectivity index is 1.19. The monoisotopic (exact) mass is 414 g/mol. The third-order valence-corrected chi connectivity index (χ3v) is 6.02. The highest BCUT2D eigenvalue weighted by Gasteiger charge is 2.19. The summed E-state index contributed by atoms with van der Waals surface area (Å²) < 4.78 is 5.91. The normalized spacial score (nSPS) is 16.4. The van der Waals surface area contributed by atoms with Crippen molar-refractivity contribution in [2.45, 2.75) is 25.5 Å². The van der Waals surface area contributed by atoms with Crippen LogP contribution in [-0.4, -0.2) is 41.7 Å². The van der Waals surface area contributed by atoms with E-state index in [1.54, 1.807) is 0 Å². The second-order valence-corrected chi connectivity index (χ2v) is 8.34. The molecule has 2 aliphatic rings. The van der Waals surface area contributed by atoms with Crippen LogP contribution in [0, 0.1) is 0 Å². The van der Waals surface area contributed by atoms with Gasteiger partial charge in [0.25, 0.3) is 0 Å². The topological polar surface area (TPSA) is 61.8 Å². The van der Waals surface area contributed by atoms with Crippen molar-refractivity contribution in [2.75, 3.05) is 25.0 Å². The fourth-order valence-corrected chi connectivity index (χ4v) is 4.43. The number of aliphatic hydroxyl groups is 1. The van der Waals surface area contributed by atoms with Crippen molar-refractivity contribution in [3.05, 3.63) is 83.4 Å². The van der Waals surface area contributed by atoms with E-state index in [1.807, 2.05) is 36.4 Å². The minimum Gasteiger partial charge on any atom is -0.491 e. The number of hydrogen-bond acceptors (Lipinski definition) is 4. The molecule has 1 unspecified atom stereocenters. The van der Waals surface area contributed by atoms with Crippen molar-refractivity contribution in [1.29, 1.82) is 0 Å². The van der Waals surface area contributed by atoms with Gasteiger partial charge < -0.3 is 15.2 Å². The van der Waals surface area contributed by atoms with Gasteiger partial charge in [0, 0.05) is 25.3 Å². The third-order valence-electron chi connectivity index (χ3n) is 6.02. The maximum absolute atomic E-state index is 11.6. The number of amides is 1. The van der Waals surface area contributed by atoms with Crippen molar-refractivity contribution >= 4 is 11.6 Å². The molecule has 3 aromatic carbocycles. The van der Waals surface area contributed by atoms with Crippen molar-refractivity contribution in [3.63, 3.8) is 0 Å². The SMILES string of the molecule is O=C1Cc2cc(-c3cccc(OCC(O)CN4CCc5ccccc5C4)c3)ccc2N1. The first-order valence-electron chi connectivity index (χ1n) is 10.8. The lowest BCUT2D eigenvalue weighted by atomic mass is 10.00. The van der Waals surface area contributed by atoms with E-state index >= 15 is 0 Å². The highest BCUT2D eigenvalue weighted by Crippen LogP contribution is 2.30. The average molecular weight is 415 g/mol. The Morgan fingerprint density at radius 2 is 1.81 bits per heavy atom. The Labute approximate surface area is 182 Å². The summed E-state index contributed by atoms with van der Waals surface area (Å²) in [4.78, 5) is 13.9. The van der Waals surface area contributed by atoms with Crippen LogP contribution in [0.1, 0.15) is 16.7 Å². The average Bonchev–Trinajstić information content (AvgIpc) is 3.17. The molecule has 2 N–H and O–H groups in total. The highest BCUT2D eigenvalue weighted by atomic mass is 16.5. The first kappa shape index (κ1) is 19.8. The lowest BCUT2D eigenvalue weighted by molar-refractivity contribution is -0.115. The zero-order valence-corrected chi connectivity index (χ0v) is 17.4. The molecule has 0 radical (unpaired) electrons. The first-order valence-corrected chi connectivity index (χ1v) is 10.8. The van der Waals surface area contributed by atoms with E-state index < -0.39 is 6.10 Å². The lowest BCUT2D eigenvalue weighted by Crippen LogP contribution is -2.38. The van der Waals surface area contributed by atoms with Gasteiger partial charge in [0.1, 0.15) is 18.5 Å². The molecule has 1 amide bonds. The minimum atomic E-state index is -0.550. The van der Waals surface area contributed by atoms with Crippen LogP contribution >= 0.6 is 0 Å². The molecule has 5 nitrogen and oxygen atoms in total. The molecule has 0 saturated heterocycles. The summed E-state index contributed by atoms with van der Waals surface area (Å²) in [6, 6.07) is 22.4. The number of hydrogen-bond donors (Lipinski definition) is 2. The largest absolute Gasteiger partial charge is 0.491 e. The Morgan fingerprint density at radius 3 is 2.71 bits per heavy atom. The maximum atomic E-state index is 11.6. The van der Waals surface area contributed by atoms with Gasteiger partial charge in [0.2, 0.25) is 5.91 Å². The van der Waals surface area contributed by atoms with Crippen molar-refractivity contribution in [3.8, 4) is 16.9 Å². The fraction of sp³-hybridized carbons (Fsp3) is 0.269. The lowest BCUT2D eigenvalue weighted by Gasteiger charge is -2.30. The van der Waals surface area contributed by atoms with Gasteiger partial charge in [-0.2, -0.15) is 0 Å². The number of β-amino-alcohol motifs (C(OH)–C–C–N with tert-alkyl or cyclic N) is 1. The van der Waals surface area contributed by atoms with Crippen LogP contribution in [-0.2, 0) is 24.2 Å². The number of rotatable bonds is 6. The van der Waals surface area contributed by atoms with Crippen LogP contribution < -0.4 is 10.1 Å². The molecule has 0 bridgehead atoms. The Bertz CT molecular complexity index is 1110. The number of ether oxygens (including phenoxy) is 1. The zero-order valence-electron chi connectivity index (χ0n) is 17.4. The number of carbonyl (C=O) groups is 1. The van der Waals surface area contributed by atoms with E-state index in [9.17, 15) is 9.90 Å². The fourth-order valence-electron chi connectivity index (χ4n) is 4.43. The van der Waals surface area contributed by atoms with Crippen LogP contribution in [0.25, 0.3) is 11.1 Å². The van der Waals surface area contributed by atoms with Crippen molar-refractivity contribution < 1.29 is 14.6 Å². The minimum absolute atomic E-state index is 0.0374. The van der Waals surface area contributed by atoms with Crippen molar-refractivity contribution in [2.24, 2.45) is 0 Å². The molecule has 3 aromatic rings. The van der Waals surface area contributed by atoms with Crippen LogP contribution in [0.2, 0.25) is 0 Å². The quantitative estimate of drug-likeness (QED) is 0.646.